The third-order valence-corrected chi connectivity index (χ3v) is 6.02. The van der Waals surface area contributed by atoms with Crippen molar-refractivity contribution < 1.29 is 14.4 Å². The Morgan fingerprint density at radius 2 is 1.71 bits per heavy atom. The highest BCUT2D eigenvalue weighted by atomic mass is 35.5. The Labute approximate surface area is 175 Å². The zero-order chi connectivity index (χ0) is 19.8. The number of thiocarbonyl (C=S) groups is 1. The first-order valence-electron chi connectivity index (χ1n) is 8.40. The van der Waals surface area contributed by atoms with Crippen LogP contribution in [0.1, 0.15) is 12.0 Å². The molecular formula is C20H13ClN2O3S2. The van der Waals surface area contributed by atoms with Crippen LogP contribution >= 0.6 is 35.6 Å². The minimum absolute atomic E-state index is 0.105. The van der Waals surface area contributed by atoms with E-state index in [1.807, 2.05) is 30.3 Å². The maximum atomic E-state index is 12.9. The van der Waals surface area contributed by atoms with Crippen LogP contribution in [0.3, 0.4) is 0 Å². The predicted molar refractivity (Wildman–Crippen MR) is 114 cm³/mol. The number of nitrogens with zero attached hydrogens (tertiary/aromatic N) is 2. The third-order valence-electron chi connectivity index (χ3n) is 4.44. The number of anilines is 1. The van der Waals surface area contributed by atoms with Crippen LogP contribution in [0.4, 0.5) is 5.69 Å². The molecule has 140 valence electrons. The van der Waals surface area contributed by atoms with Gasteiger partial charge in [0.1, 0.15) is 10.4 Å². The van der Waals surface area contributed by atoms with E-state index in [2.05, 4.69) is 0 Å². The summed E-state index contributed by atoms with van der Waals surface area (Å²) < 4.78 is 0.274. The summed E-state index contributed by atoms with van der Waals surface area (Å²) in [6, 6.07) is 14.8. The first-order chi connectivity index (χ1) is 13.5. The van der Waals surface area contributed by atoms with Crippen molar-refractivity contribution in [2.75, 3.05) is 4.90 Å². The smallest absolute Gasteiger partial charge is 0.266 e. The van der Waals surface area contributed by atoms with Crippen molar-refractivity contribution >= 4 is 69.4 Å². The fourth-order valence-corrected chi connectivity index (χ4v) is 4.61. The molecule has 2 aromatic rings. The van der Waals surface area contributed by atoms with Gasteiger partial charge in [0.25, 0.3) is 11.8 Å². The van der Waals surface area contributed by atoms with Crippen molar-refractivity contribution in [3.8, 4) is 0 Å². The van der Waals surface area contributed by atoms with Gasteiger partial charge in [-0.05, 0) is 35.9 Å². The number of thioether (sulfide) groups is 1. The highest BCUT2D eigenvalue weighted by molar-refractivity contribution is 8.26. The Bertz CT molecular complexity index is 1020. The average molecular weight is 429 g/mol. The summed E-state index contributed by atoms with van der Waals surface area (Å²) >= 11 is 12.4. The van der Waals surface area contributed by atoms with Crippen molar-refractivity contribution in [3.63, 3.8) is 0 Å². The molecule has 0 bridgehead atoms. The molecule has 0 aliphatic carbocycles. The number of benzene rings is 2. The molecule has 1 atom stereocenters. The molecular weight excluding hydrogens is 416 g/mol. The molecule has 0 aromatic heterocycles. The van der Waals surface area contributed by atoms with E-state index < -0.39 is 11.9 Å². The van der Waals surface area contributed by atoms with E-state index in [0.29, 0.717) is 15.6 Å². The molecule has 2 fully saturated rings. The molecule has 5 nitrogen and oxygen atoms in total. The van der Waals surface area contributed by atoms with Crippen LogP contribution in [0.15, 0.2) is 59.5 Å². The summed E-state index contributed by atoms with van der Waals surface area (Å²) in [6.07, 6.45) is 1.63. The molecule has 2 saturated heterocycles. The van der Waals surface area contributed by atoms with Crippen molar-refractivity contribution in [2.45, 2.75) is 12.5 Å². The van der Waals surface area contributed by atoms with Crippen molar-refractivity contribution in [3.05, 3.63) is 70.1 Å². The Kier molecular flexibility index (Phi) is 5.05. The zero-order valence-corrected chi connectivity index (χ0v) is 16.8. The van der Waals surface area contributed by atoms with Gasteiger partial charge in [0, 0.05) is 5.02 Å². The van der Waals surface area contributed by atoms with Gasteiger partial charge in [0.2, 0.25) is 5.91 Å². The van der Waals surface area contributed by atoms with Gasteiger partial charge in [-0.1, -0.05) is 65.9 Å². The topological polar surface area (TPSA) is 57.7 Å². The molecule has 8 heteroatoms. The number of hydrogen-bond donors (Lipinski definition) is 0. The van der Waals surface area contributed by atoms with Gasteiger partial charge in [-0.25, -0.2) is 4.90 Å². The maximum absolute atomic E-state index is 12.9. The highest BCUT2D eigenvalue weighted by Gasteiger charge is 2.48. The van der Waals surface area contributed by atoms with E-state index >= 15 is 0 Å². The number of amides is 3. The average Bonchev–Trinajstić information content (AvgIpc) is 3.12. The van der Waals surface area contributed by atoms with Gasteiger partial charge in [-0.2, -0.15) is 0 Å². The molecule has 4 rings (SSSR count). The second-order valence-electron chi connectivity index (χ2n) is 6.23. The quantitative estimate of drug-likeness (QED) is 0.422. The molecule has 28 heavy (non-hydrogen) atoms. The normalized spacial score (nSPS) is 21.3. The van der Waals surface area contributed by atoms with E-state index in [1.54, 1.807) is 30.3 Å². The number of rotatable bonds is 3. The first-order valence-corrected chi connectivity index (χ1v) is 10.0. The number of hydrogen-bond acceptors (Lipinski definition) is 5. The molecule has 2 heterocycles. The predicted octanol–water partition coefficient (Wildman–Crippen LogP) is 3.87. The van der Waals surface area contributed by atoms with Gasteiger partial charge >= 0.3 is 0 Å². The van der Waals surface area contributed by atoms with Crippen LogP contribution in [0.5, 0.6) is 0 Å². The Hall–Kier alpha value is -2.48. The molecule has 2 aliphatic rings. The zero-order valence-electron chi connectivity index (χ0n) is 14.4. The van der Waals surface area contributed by atoms with Gasteiger partial charge in [-0.15, -0.1) is 0 Å². The Morgan fingerprint density at radius 3 is 2.39 bits per heavy atom. The fourth-order valence-electron chi connectivity index (χ4n) is 3.13. The lowest BCUT2D eigenvalue weighted by atomic mass is 10.2. The van der Waals surface area contributed by atoms with E-state index in [0.717, 1.165) is 22.2 Å². The lowest BCUT2D eigenvalue weighted by molar-refractivity contribution is -0.129. The molecule has 2 aromatic carbocycles. The number of carbonyl (C=O) groups excluding carboxylic acids is 3. The minimum atomic E-state index is -0.933. The number of halogens is 1. The lowest BCUT2D eigenvalue weighted by Gasteiger charge is -2.21. The van der Waals surface area contributed by atoms with Gasteiger partial charge in [0.05, 0.1) is 17.0 Å². The molecule has 0 spiro atoms. The third kappa shape index (κ3) is 3.37. The van der Waals surface area contributed by atoms with Crippen molar-refractivity contribution in [2.24, 2.45) is 0 Å². The first kappa shape index (κ1) is 18.9. The molecule has 0 unspecified atom stereocenters. The summed E-state index contributed by atoms with van der Waals surface area (Å²) in [4.78, 5) is 41.1. The van der Waals surface area contributed by atoms with Crippen LogP contribution in [0.2, 0.25) is 5.02 Å². The number of imide groups is 1. The highest BCUT2D eigenvalue weighted by Crippen LogP contribution is 2.37. The summed E-state index contributed by atoms with van der Waals surface area (Å²) in [5.74, 6) is -1.20. The molecule has 2 aliphatic heterocycles. The molecule has 0 radical (unpaired) electrons. The van der Waals surface area contributed by atoms with Crippen LogP contribution in [0.25, 0.3) is 6.08 Å². The largest absolute Gasteiger partial charge is 0.280 e. The lowest BCUT2D eigenvalue weighted by Crippen LogP contribution is -2.44. The Morgan fingerprint density at radius 1 is 1.04 bits per heavy atom. The molecule has 0 N–H and O–H groups in total. The number of carbonyl (C=O) groups is 3. The summed E-state index contributed by atoms with van der Waals surface area (Å²) in [5, 5.41) is 0.502. The van der Waals surface area contributed by atoms with E-state index in [-0.39, 0.29) is 22.6 Å². The fraction of sp³-hybridized carbons (Fsp3) is 0.100. The van der Waals surface area contributed by atoms with Gasteiger partial charge in [-0.3, -0.25) is 19.3 Å². The van der Waals surface area contributed by atoms with Gasteiger partial charge < -0.3 is 0 Å². The standard InChI is InChI=1S/C20H13ClN2O3S2/c21-13-6-8-14(9-7-13)22-17(24)11-15(18(22)25)23-19(26)16(28-20(23)27)10-12-4-2-1-3-5-12/h1-10,15H,11H2/b16-10-/t15-/m0/s1. The van der Waals surface area contributed by atoms with Crippen LogP contribution < -0.4 is 4.90 Å². The summed E-state index contributed by atoms with van der Waals surface area (Å²) in [5.41, 5.74) is 1.28. The SMILES string of the molecule is O=C1C[C@H](N2C(=O)/C(=C/c3ccccc3)SC2=S)C(=O)N1c1ccc(Cl)cc1. The van der Waals surface area contributed by atoms with Crippen LogP contribution in [-0.2, 0) is 14.4 Å². The second kappa shape index (κ2) is 7.50. The van der Waals surface area contributed by atoms with E-state index in [4.69, 9.17) is 23.8 Å². The molecule has 3 amide bonds. The monoisotopic (exact) mass is 428 g/mol. The van der Waals surface area contributed by atoms with Crippen molar-refractivity contribution in [1.29, 1.82) is 0 Å². The van der Waals surface area contributed by atoms with Crippen molar-refractivity contribution in [1.82, 2.24) is 4.90 Å². The minimum Gasteiger partial charge on any atom is -0.280 e. The van der Waals surface area contributed by atoms with E-state index in [9.17, 15) is 14.4 Å². The Balaban J connectivity index is 1.61. The van der Waals surface area contributed by atoms with Crippen LogP contribution in [0, 0.1) is 0 Å². The second-order valence-corrected chi connectivity index (χ2v) is 8.34. The van der Waals surface area contributed by atoms with Gasteiger partial charge in [0.15, 0.2) is 0 Å². The maximum Gasteiger partial charge on any atom is 0.266 e. The summed E-state index contributed by atoms with van der Waals surface area (Å²) in [6.45, 7) is 0. The van der Waals surface area contributed by atoms with E-state index in [1.165, 1.54) is 4.90 Å². The molecule has 0 saturated carbocycles. The summed E-state index contributed by atoms with van der Waals surface area (Å²) in [7, 11) is 0. The van der Waals surface area contributed by atoms with Crippen LogP contribution in [-0.4, -0.2) is 33.0 Å².